The lowest BCUT2D eigenvalue weighted by Gasteiger charge is -2.00. The van der Waals surface area contributed by atoms with Gasteiger partial charge < -0.3 is 9.84 Å². The average molecular weight is 256 g/mol. The zero-order valence-corrected chi connectivity index (χ0v) is 7.52. The summed E-state index contributed by atoms with van der Waals surface area (Å²) >= 11 is 6.26. The van der Waals surface area contributed by atoms with Gasteiger partial charge in [0.25, 0.3) is 0 Å². The van der Waals surface area contributed by atoms with Crippen LogP contribution < -0.4 is 0 Å². The molecule has 1 N–H and O–H groups in total. The maximum atomic E-state index is 8.81. The first-order chi connectivity index (χ1) is 4.24. The van der Waals surface area contributed by atoms with Gasteiger partial charge in [-0.15, -0.1) is 0 Å². The van der Waals surface area contributed by atoms with E-state index >= 15 is 0 Å². The Morgan fingerprint density at radius 3 is 2.67 bits per heavy atom. The van der Waals surface area contributed by atoms with E-state index in [0.29, 0.717) is 5.76 Å². The van der Waals surface area contributed by atoms with Crippen LogP contribution in [0.25, 0.3) is 0 Å². The first-order valence-corrected chi connectivity index (χ1v) is 3.97. The molecule has 0 aliphatic carbocycles. The van der Waals surface area contributed by atoms with Crippen LogP contribution in [0.4, 0.5) is 0 Å². The summed E-state index contributed by atoms with van der Waals surface area (Å²) < 4.78 is 5.62. The third-order valence-corrected chi connectivity index (χ3v) is 1.94. The molecule has 0 spiro atoms. The van der Waals surface area contributed by atoms with Crippen LogP contribution in [0.2, 0.25) is 0 Å². The van der Waals surface area contributed by atoms with Crippen molar-refractivity contribution < 1.29 is 9.84 Å². The van der Waals surface area contributed by atoms with Crippen LogP contribution in [0, 0.1) is 0 Å². The van der Waals surface area contributed by atoms with E-state index in [1.807, 2.05) is 0 Å². The van der Waals surface area contributed by atoms with Gasteiger partial charge in [-0.05, 0) is 15.9 Å². The second-order valence-electron chi connectivity index (χ2n) is 1.50. The zero-order chi connectivity index (χ0) is 6.85. The minimum Gasteiger partial charge on any atom is -0.460 e. The molecule has 4 heteroatoms. The number of allylic oxidation sites excluding steroid dienone is 1. The van der Waals surface area contributed by atoms with Gasteiger partial charge in [-0.3, -0.25) is 0 Å². The van der Waals surface area contributed by atoms with Crippen LogP contribution in [-0.2, 0) is 4.74 Å². The molecule has 0 saturated heterocycles. The van der Waals surface area contributed by atoms with E-state index in [1.54, 1.807) is 11.1 Å². The monoisotopic (exact) mass is 254 g/mol. The van der Waals surface area contributed by atoms with Crippen molar-refractivity contribution in [1.82, 2.24) is 0 Å². The number of hydrogen-bond donors (Lipinski definition) is 1. The summed E-state index contributed by atoms with van der Waals surface area (Å²) in [5.74, 6) is 0.613. The van der Waals surface area contributed by atoms with E-state index in [1.165, 1.54) is 0 Å². The van der Waals surface area contributed by atoms with Crippen LogP contribution in [-0.4, -0.2) is 11.4 Å². The molecule has 1 aliphatic rings. The number of hydrogen-bond acceptors (Lipinski definition) is 2. The smallest absolute Gasteiger partial charge is 0.218 e. The predicted octanol–water partition coefficient (Wildman–Crippen LogP) is 1.85. The standard InChI is InChI=1S/C5H4Br2O2/c6-2-4-3(7)1-5(8)9-4/h1-2,5,8H/b4-2-. The Kier molecular flexibility index (Phi) is 2.32. The van der Waals surface area contributed by atoms with Gasteiger partial charge in [0.15, 0.2) is 0 Å². The minimum atomic E-state index is -0.803. The van der Waals surface area contributed by atoms with Gasteiger partial charge >= 0.3 is 0 Å². The minimum absolute atomic E-state index is 0.613. The van der Waals surface area contributed by atoms with Crippen LogP contribution >= 0.6 is 31.9 Å². The van der Waals surface area contributed by atoms with Gasteiger partial charge in [-0.2, -0.15) is 0 Å². The van der Waals surface area contributed by atoms with E-state index in [4.69, 9.17) is 9.84 Å². The molecule has 0 aromatic heterocycles. The van der Waals surface area contributed by atoms with Gasteiger partial charge in [0.2, 0.25) is 6.29 Å². The third-order valence-electron chi connectivity index (χ3n) is 0.871. The largest absolute Gasteiger partial charge is 0.460 e. The van der Waals surface area contributed by atoms with Gasteiger partial charge in [-0.25, -0.2) is 0 Å². The Morgan fingerprint density at radius 1 is 1.78 bits per heavy atom. The molecule has 0 amide bonds. The topological polar surface area (TPSA) is 29.5 Å². The average Bonchev–Trinajstić information content (AvgIpc) is 2.10. The highest BCUT2D eigenvalue weighted by Gasteiger charge is 2.16. The van der Waals surface area contributed by atoms with Crippen molar-refractivity contribution in [3.05, 3.63) is 21.3 Å². The number of halogens is 2. The summed E-state index contributed by atoms with van der Waals surface area (Å²) in [6, 6.07) is 0. The fourth-order valence-corrected chi connectivity index (χ4v) is 1.60. The predicted molar refractivity (Wildman–Crippen MR) is 41.1 cm³/mol. The van der Waals surface area contributed by atoms with Crippen LogP contribution in [0.1, 0.15) is 0 Å². The lowest BCUT2D eigenvalue weighted by Crippen LogP contribution is -1.99. The Balaban J connectivity index is 2.76. The molecule has 0 aromatic rings. The SMILES string of the molecule is OC1C=C(Br)/C(=C/Br)O1. The summed E-state index contributed by atoms with van der Waals surface area (Å²) in [6.45, 7) is 0. The van der Waals surface area contributed by atoms with E-state index in [2.05, 4.69) is 31.9 Å². The van der Waals surface area contributed by atoms with E-state index < -0.39 is 6.29 Å². The number of aliphatic hydroxyl groups is 1. The van der Waals surface area contributed by atoms with E-state index in [0.717, 1.165) is 4.48 Å². The quantitative estimate of drug-likeness (QED) is 0.716. The summed E-state index contributed by atoms with van der Waals surface area (Å²) in [6.07, 6.45) is 0.760. The molecule has 0 radical (unpaired) electrons. The number of rotatable bonds is 0. The Morgan fingerprint density at radius 2 is 2.44 bits per heavy atom. The molecule has 2 nitrogen and oxygen atoms in total. The van der Waals surface area contributed by atoms with Gasteiger partial charge in [0.1, 0.15) is 5.76 Å². The highest BCUT2D eigenvalue weighted by Crippen LogP contribution is 2.27. The maximum Gasteiger partial charge on any atom is 0.218 e. The second-order valence-corrected chi connectivity index (χ2v) is 2.81. The van der Waals surface area contributed by atoms with Crippen molar-refractivity contribution in [3.8, 4) is 0 Å². The fraction of sp³-hybridized carbons (Fsp3) is 0.200. The first-order valence-electron chi connectivity index (χ1n) is 2.27. The lowest BCUT2D eigenvalue weighted by molar-refractivity contribution is -0.00992. The second kappa shape index (κ2) is 2.86. The molecular formula is C5H4Br2O2. The van der Waals surface area contributed by atoms with Gasteiger partial charge in [0.05, 0.1) is 4.48 Å². The molecular weight excluding hydrogens is 252 g/mol. The molecule has 0 aromatic carbocycles. The third kappa shape index (κ3) is 1.56. The van der Waals surface area contributed by atoms with E-state index in [-0.39, 0.29) is 0 Å². The first kappa shape index (κ1) is 7.31. The molecule has 1 unspecified atom stereocenters. The zero-order valence-electron chi connectivity index (χ0n) is 4.34. The molecule has 0 saturated carbocycles. The highest BCUT2D eigenvalue weighted by molar-refractivity contribution is 9.12. The maximum absolute atomic E-state index is 8.81. The number of aliphatic hydroxyl groups excluding tert-OH is 1. The lowest BCUT2D eigenvalue weighted by atomic mass is 10.5. The number of ether oxygens (including phenoxy) is 1. The molecule has 1 aliphatic heterocycles. The Hall–Kier alpha value is 0.200. The summed E-state index contributed by atoms with van der Waals surface area (Å²) in [7, 11) is 0. The Bertz CT molecular complexity index is 174. The van der Waals surface area contributed by atoms with Gasteiger partial charge in [0, 0.05) is 11.1 Å². The summed E-state index contributed by atoms with van der Waals surface area (Å²) in [5.41, 5.74) is 0. The van der Waals surface area contributed by atoms with Crippen molar-refractivity contribution in [2.24, 2.45) is 0 Å². The van der Waals surface area contributed by atoms with Crippen LogP contribution in [0.3, 0.4) is 0 Å². The molecule has 0 bridgehead atoms. The van der Waals surface area contributed by atoms with Crippen molar-refractivity contribution in [3.63, 3.8) is 0 Å². The van der Waals surface area contributed by atoms with E-state index in [9.17, 15) is 0 Å². The fourth-order valence-electron chi connectivity index (χ4n) is 0.506. The molecule has 1 rings (SSSR count). The summed E-state index contributed by atoms with van der Waals surface area (Å²) in [5, 5.41) is 8.81. The van der Waals surface area contributed by atoms with Crippen molar-refractivity contribution >= 4 is 31.9 Å². The van der Waals surface area contributed by atoms with Crippen molar-refractivity contribution in [2.75, 3.05) is 0 Å². The van der Waals surface area contributed by atoms with Crippen LogP contribution in [0.15, 0.2) is 21.3 Å². The molecule has 9 heavy (non-hydrogen) atoms. The highest BCUT2D eigenvalue weighted by atomic mass is 79.9. The normalized spacial score (nSPS) is 30.3. The van der Waals surface area contributed by atoms with Gasteiger partial charge in [-0.1, -0.05) is 15.9 Å². The Labute approximate surface area is 69.5 Å². The van der Waals surface area contributed by atoms with Crippen molar-refractivity contribution in [1.29, 1.82) is 0 Å². The van der Waals surface area contributed by atoms with Crippen molar-refractivity contribution in [2.45, 2.75) is 6.29 Å². The molecule has 1 heterocycles. The van der Waals surface area contributed by atoms with Crippen LogP contribution in [0.5, 0.6) is 0 Å². The summed E-state index contributed by atoms with van der Waals surface area (Å²) in [4.78, 5) is 1.60. The molecule has 1 atom stereocenters. The molecule has 50 valence electrons. The molecule has 0 fully saturated rings.